The maximum absolute atomic E-state index is 12.6. The molecule has 22 nitrogen and oxygen atoms in total. The van der Waals surface area contributed by atoms with Gasteiger partial charge in [0.25, 0.3) is 0 Å². The molecule has 0 radical (unpaired) electrons. The average molecular weight is 859 g/mol. The number of hydrogen-bond acceptors (Lipinski definition) is 13. The summed E-state index contributed by atoms with van der Waals surface area (Å²) in [6, 6.07) is -5.35. The van der Waals surface area contributed by atoms with Crippen LogP contribution in [-0.2, 0) is 52.7 Å². The number of rotatable bonds is 35. The Morgan fingerprint density at radius 2 is 1.00 bits per heavy atom. The van der Waals surface area contributed by atoms with Gasteiger partial charge in [0.2, 0.25) is 29.5 Å². The van der Waals surface area contributed by atoms with E-state index in [1.807, 2.05) is 6.92 Å². The average Bonchev–Trinajstić information content (AvgIpc) is 3.18. The first-order valence-corrected chi connectivity index (χ1v) is 19.9. The number of carbonyl (C=O) groups excluding carboxylic acids is 7. The Morgan fingerprint density at radius 3 is 1.47 bits per heavy atom. The highest BCUT2D eigenvalue weighted by molar-refractivity contribution is 5.88. The van der Waals surface area contributed by atoms with Crippen LogP contribution in [0.2, 0.25) is 0 Å². The number of aliphatic hydroxyl groups is 1. The summed E-state index contributed by atoms with van der Waals surface area (Å²) in [5, 5.41) is 58.5. The van der Waals surface area contributed by atoms with Gasteiger partial charge in [-0.3, -0.25) is 38.4 Å². The molecule has 0 heterocycles. The van der Waals surface area contributed by atoms with Gasteiger partial charge in [0.05, 0.1) is 12.0 Å². The summed E-state index contributed by atoms with van der Waals surface area (Å²) in [7, 11) is 0. The third-order valence-corrected chi connectivity index (χ3v) is 9.50. The number of ketones is 2. The Balaban J connectivity index is 4.63. The van der Waals surface area contributed by atoms with Crippen molar-refractivity contribution in [3.05, 3.63) is 0 Å². The minimum Gasteiger partial charge on any atom is -0.481 e. The molecule has 0 aliphatic rings. The molecule has 6 atom stereocenters. The molecule has 0 spiro atoms. The number of carbonyl (C=O) groups is 11. The van der Waals surface area contributed by atoms with Gasteiger partial charge in [0, 0.05) is 58.0 Å². The van der Waals surface area contributed by atoms with E-state index in [4.69, 9.17) is 15.9 Å². The third-order valence-electron chi connectivity index (χ3n) is 9.50. The summed E-state index contributed by atoms with van der Waals surface area (Å²) in [5.74, 6) is -11.3. The van der Waals surface area contributed by atoms with E-state index < -0.39 is 129 Å². The molecule has 0 aromatic heterocycles. The van der Waals surface area contributed by atoms with Crippen molar-refractivity contribution in [2.24, 2.45) is 17.6 Å². The first-order valence-electron chi connectivity index (χ1n) is 19.9. The van der Waals surface area contributed by atoms with Gasteiger partial charge in [-0.1, -0.05) is 13.3 Å². The molecule has 0 aliphatic carbocycles. The maximum Gasteiger partial charge on any atom is 0.326 e. The van der Waals surface area contributed by atoms with E-state index in [9.17, 15) is 68.1 Å². The Kier molecular flexibility index (Phi) is 27.7. The van der Waals surface area contributed by atoms with Crippen molar-refractivity contribution in [1.82, 2.24) is 26.6 Å². The number of Topliss-reactive ketones (excluding diaryl/α,β-unsaturated/α-hetero) is 2. The second kappa shape index (κ2) is 30.5. The second-order valence-electron chi connectivity index (χ2n) is 14.4. The van der Waals surface area contributed by atoms with Gasteiger partial charge in [0.1, 0.15) is 30.5 Å². The molecule has 0 aliphatic heterocycles. The molecule has 5 amide bonds. The molecule has 0 aromatic carbocycles. The van der Waals surface area contributed by atoms with Crippen LogP contribution in [0.15, 0.2) is 0 Å². The molecule has 0 saturated heterocycles. The number of hydrogen-bond donors (Lipinski definition) is 11. The highest BCUT2D eigenvalue weighted by atomic mass is 16.4. The largest absolute Gasteiger partial charge is 0.481 e. The van der Waals surface area contributed by atoms with Crippen LogP contribution < -0.4 is 32.3 Å². The monoisotopic (exact) mass is 858 g/mol. The highest BCUT2D eigenvalue weighted by Gasteiger charge is 2.27. The van der Waals surface area contributed by atoms with Crippen LogP contribution >= 0.6 is 0 Å². The van der Waals surface area contributed by atoms with Crippen LogP contribution in [0.1, 0.15) is 117 Å². The summed E-state index contributed by atoms with van der Waals surface area (Å²) in [4.78, 5) is 131. The van der Waals surface area contributed by atoms with E-state index in [2.05, 4.69) is 26.6 Å². The zero-order valence-corrected chi connectivity index (χ0v) is 34.2. The summed E-state index contributed by atoms with van der Waals surface area (Å²) < 4.78 is 0. The second-order valence-corrected chi connectivity index (χ2v) is 14.4. The van der Waals surface area contributed by atoms with Crippen LogP contribution in [-0.4, -0.2) is 134 Å². The van der Waals surface area contributed by atoms with Crippen molar-refractivity contribution in [3.8, 4) is 0 Å². The van der Waals surface area contributed by atoms with Crippen molar-refractivity contribution >= 4 is 65.0 Å². The number of aliphatic hydroxyl groups excluding tert-OH is 1. The summed E-state index contributed by atoms with van der Waals surface area (Å²) >= 11 is 0. The molecule has 0 fully saturated rings. The van der Waals surface area contributed by atoms with Gasteiger partial charge in [0.15, 0.2) is 5.78 Å². The lowest BCUT2D eigenvalue weighted by Crippen LogP contribution is -2.45. The predicted octanol–water partition coefficient (Wildman–Crippen LogP) is -1.02. The van der Waals surface area contributed by atoms with E-state index in [0.717, 1.165) is 6.92 Å². The molecular formula is C38H62N6O16. The fourth-order valence-electron chi connectivity index (χ4n) is 5.92. The lowest BCUT2D eigenvalue weighted by atomic mass is 9.94. The number of amides is 5. The van der Waals surface area contributed by atoms with Crippen molar-refractivity contribution in [3.63, 3.8) is 0 Å². The molecule has 22 heteroatoms. The quantitative estimate of drug-likeness (QED) is 0.0340. The molecular weight excluding hydrogens is 796 g/mol. The van der Waals surface area contributed by atoms with Crippen LogP contribution in [0, 0.1) is 11.8 Å². The lowest BCUT2D eigenvalue weighted by molar-refractivity contribution is -0.145. The fraction of sp³-hybridized carbons (Fsp3) is 0.711. The minimum atomic E-state index is -1.60. The molecule has 0 rings (SSSR count). The molecule has 12 N–H and O–H groups in total. The summed E-state index contributed by atoms with van der Waals surface area (Å²) in [5.41, 5.74) is 5.95. The zero-order chi connectivity index (χ0) is 45.8. The van der Waals surface area contributed by atoms with Crippen LogP contribution in [0.25, 0.3) is 0 Å². The normalized spacial score (nSPS) is 13.9. The first kappa shape index (κ1) is 54.5. The van der Waals surface area contributed by atoms with Gasteiger partial charge >= 0.3 is 23.9 Å². The van der Waals surface area contributed by atoms with Crippen molar-refractivity contribution in [1.29, 1.82) is 0 Å². The Hall–Kier alpha value is -5.51. The number of unbranched alkanes of at least 4 members (excludes halogenated alkanes) is 2. The van der Waals surface area contributed by atoms with Gasteiger partial charge in [-0.25, -0.2) is 14.4 Å². The van der Waals surface area contributed by atoms with Crippen molar-refractivity contribution < 1.29 is 78.3 Å². The molecule has 340 valence electrons. The zero-order valence-electron chi connectivity index (χ0n) is 34.2. The van der Waals surface area contributed by atoms with Crippen LogP contribution in [0.5, 0.6) is 0 Å². The Labute approximate surface area is 347 Å². The van der Waals surface area contributed by atoms with Crippen LogP contribution in [0.4, 0.5) is 0 Å². The Morgan fingerprint density at radius 1 is 0.533 bits per heavy atom. The summed E-state index contributed by atoms with van der Waals surface area (Å²) in [6.07, 6.45) is 0.341. The predicted molar refractivity (Wildman–Crippen MR) is 210 cm³/mol. The van der Waals surface area contributed by atoms with E-state index in [1.54, 1.807) is 0 Å². The number of carboxylic acids is 4. The third kappa shape index (κ3) is 25.1. The molecule has 60 heavy (non-hydrogen) atoms. The highest BCUT2D eigenvalue weighted by Crippen LogP contribution is 2.16. The maximum atomic E-state index is 12.6. The van der Waals surface area contributed by atoms with Crippen molar-refractivity contribution in [2.75, 3.05) is 19.7 Å². The van der Waals surface area contributed by atoms with E-state index >= 15 is 0 Å². The summed E-state index contributed by atoms with van der Waals surface area (Å²) in [6.45, 7) is 3.10. The lowest BCUT2D eigenvalue weighted by Gasteiger charge is -2.18. The van der Waals surface area contributed by atoms with Crippen LogP contribution in [0.3, 0.4) is 0 Å². The first-order chi connectivity index (χ1) is 28.2. The Bertz CT molecular complexity index is 1490. The number of carboxylic acid groups (broad SMARTS) is 4. The van der Waals surface area contributed by atoms with E-state index in [0.29, 0.717) is 51.5 Å². The topological polar surface area (TPSA) is 375 Å². The fourth-order valence-corrected chi connectivity index (χ4v) is 5.92. The van der Waals surface area contributed by atoms with Gasteiger partial charge in [-0.15, -0.1) is 0 Å². The number of nitrogens with one attached hydrogen (secondary N) is 5. The van der Waals surface area contributed by atoms with Gasteiger partial charge < -0.3 is 57.9 Å². The molecule has 0 saturated carbocycles. The van der Waals surface area contributed by atoms with Gasteiger partial charge in [-0.05, 0) is 64.2 Å². The SMILES string of the molecule is CC[C@@H](CCCCNC(=O)[C@@H](N)CCCCNC(=O)CC[C@H](CC(=O)CC[C@H](NC(=O)CC[C@H](NC(=O)CC[C@H](NC(C)=O)C(=O)O)C(=O)O)C(=O)O)C(=O)O)C(=O)CO. The molecule has 0 bridgehead atoms. The number of aliphatic carboxylic acids is 4. The van der Waals surface area contributed by atoms with Crippen molar-refractivity contribution in [2.45, 2.75) is 141 Å². The van der Waals surface area contributed by atoms with Gasteiger partial charge in [-0.2, -0.15) is 0 Å². The standard InChI is InChI=1S/C38H62N6O16/c1-3-23(30(48)21-45)8-4-6-19-41-34(52)26(39)9-5-7-18-40-31(49)15-10-24(35(53)54)20-25(47)11-12-28(37(57)58)43-33(51)17-14-29(38(59)60)44-32(50)16-13-27(36(55)56)42-22(2)46/h23-24,26-29,45H,3-21,39H2,1-2H3,(H,40,49)(H,41,52)(H,42,46)(H,43,51)(H,44,50)(H,53,54)(H,55,56)(H,57,58)(H,59,60)/t23-,24+,26-,27-,28-,29-/m0/s1. The van der Waals surface area contributed by atoms with E-state index in [-0.39, 0.29) is 43.4 Å². The smallest absolute Gasteiger partial charge is 0.326 e. The van der Waals surface area contributed by atoms with E-state index in [1.165, 1.54) is 0 Å². The minimum absolute atomic E-state index is 0.190. The number of nitrogens with two attached hydrogens (primary N) is 1. The molecule has 0 aromatic rings. The molecule has 0 unspecified atom stereocenters.